The number of nitrogens with one attached hydrogen (secondary N) is 3. The van der Waals surface area contributed by atoms with Gasteiger partial charge in [-0.3, -0.25) is 9.59 Å². The topological polar surface area (TPSA) is 105 Å². The van der Waals surface area contributed by atoms with Crippen LogP contribution in [0.3, 0.4) is 0 Å². The van der Waals surface area contributed by atoms with Gasteiger partial charge in [-0.15, -0.1) is 0 Å². The van der Waals surface area contributed by atoms with Crippen LogP contribution in [-0.4, -0.2) is 54.7 Å². The van der Waals surface area contributed by atoms with E-state index in [1.807, 2.05) is 24.4 Å². The minimum Gasteiger partial charge on any atom is -0.491 e. The first-order chi connectivity index (χ1) is 15.2. The molecule has 1 aromatic carbocycles. The molecule has 158 valence electrons. The number of carbonyl (C=O) groups excluding carboxylic acids is 2. The van der Waals surface area contributed by atoms with Crippen LogP contribution in [-0.2, 0) is 4.74 Å². The van der Waals surface area contributed by atoms with Gasteiger partial charge in [0.15, 0.2) is 0 Å². The highest BCUT2D eigenvalue weighted by Crippen LogP contribution is 2.45. The fraction of sp³-hybridized carbons (Fsp3) is 0.348. The Hall–Kier alpha value is -3.39. The van der Waals surface area contributed by atoms with Gasteiger partial charge in [-0.25, -0.2) is 4.98 Å². The largest absolute Gasteiger partial charge is 0.491 e. The number of rotatable bonds is 4. The average molecular weight is 418 g/mol. The zero-order valence-corrected chi connectivity index (χ0v) is 17.0. The summed E-state index contributed by atoms with van der Waals surface area (Å²) in [6.45, 7) is 1.81. The highest BCUT2D eigenvalue weighted by Gasteiger charge is 2.54. The molecule has 3 aromatic rings. The van der Waals surface area contributed by atoms with Gasteiger partial charge in [-0.2, -0.15) is 0 Å². The van der Waals surface area contributed by atoms with Gasteiger partial charge in [0, 0.05) is 59.8 Å². The maximum atomic E-state index is 13.1. The zero-order chi connectivity index (χ0) is 21.1. The van der Waals surface area contributed by atoms with Crippen molar-refractivity contribution in [2.75, 3.05) is 26.9 Å². The van der Waals surface area contributed by atoms with Gasteiger partial charge in [-0.1, -0.05) is 0 Å². The van der Waals surface area contributed by atoms with Gasteiger partial charge in [0.1, 0.15) is 11.4 Å². The molecule has 0 radical (unpaired) electrons. The first-order valence-electron chi connectivity index (χ1n) is 10.5. The number of ether oxygens (including phenoxy) is 2. The lowest BCUT2D eigenvalue weighted by molar-refractivity contribution is 0.0929. The van der Waals surface area contributed by atoms with E-state index in [1.165, 1.54) is 0 Å². The Kier molecular flexibility index (Phi) is 4.04. The third-order valence-corrected chi connectivity index (χ3v) is 6.74. The summed E-state index contributed by atoms with van der Waals surface area (Å²) in [7, 11) is 1.57. The van der Waals surface area contributed by atoms with Crippen molar-refractivity contribution in [2.24, 2.45) is 11.8 Å². The van der Waals surface area contributed by atoms with Crippen LogP contribution in [0.1, 0.15) is 37.8 Å². The quantitative estimate of drug-likeness (QED) is 0.600. The number of fused-ring (bicyclic) bond motifs is 3. The number of aromatic nitrogens is 2. The number of carbonyl (C=O) groups is 2. The molecule has 2 aliphatic heterocycles. The number of benzene rings is 1. The second-order valence-electron chi connectivity index (χ2n) is 8.39. The van der Waals surface area contributed by atoms with Crippen molar-refractivity contribution in [3.63, 3.8) is 0 Å². The van der Waals surface area contributed by atoms with Gasteiger partial charge in [0.05, 0.1) is 25.4 Å². The zero-order valence-electron chi connectivity index (χ0n) is 17.0. The van der Waals surface area contributed by atoms with Crippen molar-refractivity contribution in [2.45, 2.75) is 12.0 Å². The lowest BCUT2D eigenvalue weighted by Crippen LogP contribution is -2.30. The summed E-state index contributed by atoms with van der Waals surface area (Å²) in [5.41, 5.74) is 3.55. The predicted molar refractivity (Wildman–Crippen MR) is 112 cm³/mol. The molecule has 4 atom stereocenters. The molecule has 2 fully saturated rings. The standard InChI is InChI=1S/C23H22N4O4/c1-24-23(29)15-7-11(22(28)27-19-17-8-30-9-18(17)19)6-14-16(10-31-20(14)15)12-2-4-25-21-13(12)3-5-26-21/h2-7,16-19H,8-10H2,1H3,(H,24,29)(H,25,26)(H,27,28)/t16?,17-,18+,19?. The molecule has 2 unspecified atom stereocenters. The number of hydrogen-bond acceptors (Lipinski definition) is 5. The summed E-state index contributed by atoms with van der Waals surface area (Å²) < 4.78 is 11.4. The van der Waals surface area contributed by atoms with Crippen molar-refractivity contribution >= 4 is 22.8 Å². The molecular formula is C23H22N4O4. The smallest absolute Gasteiger partial charge is 0.254 e. The van der Waals surface area contributed by atoms with E-state index in [4.69, 9.17) is 9.47 Å². The molecular weight excluding hydrogens is 396 g/mol. The van der Waals surface area contributed by atoms with Crippen molar-refractivity contribution in [1.29, 1.82) is 0 Å². The van der Waals surface area contributed by atoms with E-state index in [0.717, 1.165) is 22.2 Å². The molecule has 0 spiro atoms. The summed E-state index contributed by atoms with van der Waals surface area (Å²) in [6.07, 6.45) is 3.62. The lowest BCUT2D eigenvalue weighted by atomic mass is 9.89. The molecule has 3 aliphatic rings. The van der Waals surface area contributed by atoms with Crippen LogP contribution in [0.4, 0.5) is 0 Å². The highest BCUT2D eigenvalue weighted by atomic mass is 16.5. The molecule has 3 N–H and O–H groups in total. The van der Waals surface area contributed by atoms with Crippen molar-refractivity contribution in [3.05, 3.63) is 58.9 Å². The van der Waals surface area contributed by atoms with Crippen LogP contribution in [0.2, 0.25) is 0 Å². The number of hydrogen-bond donors (Lipinski definition) is 3. The van der Waals surface area contributed by atoms with Crippen molar-refractivity contribution in [3.8, 4) is 5.75 Å². The Morgan fingerprint density at radius 3 is 2.74 bits per heavy atom. The fourth-order valence-electron chi connectivity index (χ4n) is 4.99. The Labute approximate surface area is 178 Å². The normalized spacial score (nSPS) is 25.6. The Morgan fingerprint density at radius 1 is 1.10 bits per heavy atom. The van der Waals surface area contributed by atoms with E-state index in [0.29, 0.717) is 48.5 Å². The first kappa shape index (κ1) is 18.4. The molecule has 2 aromatic heterocycles. The number of aromatic amines is 1. The molecule has 1 saturated heterocycles. The minimum atomic E-state index is -0.273. The van der Waals surface area contributed by atoms with Crippen molar-refractivity contribution < 1.29 is 19.1 Å². The van der Waals surface area contributed by atoms with Gasteiger partial charge in [-0.05, 0) is 29.8 Å². The number of nitrogens with zero attached hydrogens (tertiary/aromatic N) is 1. The van der Waals surface area contributed by atoms with E-state index in [-0.39, 0.29) is 23.8 Å². The van der Waals surface area contributed by atoms with Crippen LogP contribution < -0.4 is 15.4 Å². The molecule has 4 heterocycles. The molecule has 6 rings (SSSR count). The molecule has 8 nitrogen and oxygen atoms in total. The van der Waals surface area contributed by atoms with Crippen LogP contribution >= 0.6 is 0 Å². The number of pyridine rings is 1. The highest BCUT2D eigenvalue weighted by molar-refractivity contribution is 6.02. The molecule has 2 amide bonds. The summed E-state index contributed by atoms with van der Waals surface area (Å²) in [5, 5.41) is 6.79. The average Bonchev–Trinajstić information content (AvgIpc) is 3.29. The third kappa shape index (κ3) is 2.82. The SMILES string of the molecule is CNC(=O)c1cc(C(=O)NC2[C@H]3COC[C@@H]23)cc2c1OCC2c1ccnc2[nH]ccc12. The van der Waals surface area contributed by atoms with E-state index in [9.17, 15) is 9.59 Å². The molecule has 1 saturated carbocycles. The first-order valence-corrected chi connectivity index (χ1v) is 10.5. The summed E-state index contributed by atoms with van der Waals surface area (Å²) >= 11 is 0. The van der Waals surface area contributed by atoms with Crippen LogP contribution in [0.5, 0.6) is 5.75 Å². The van der Waals surface area contributed by atoms with E-state index < -0.39 is 0 Å². The van der Waals surface area contributed by atoms with Crippen LogP contribution in [0, 0.1) is 11.8 Å². The molecule has 8 heteroatoms. The van der Waals surface area contributed by atoms with Crippen molar-refractivity contribution in [1.82, 2.24) is 20.6 Å². The molecule has 1 aliphatic carbocycles. The van der Waals surface area contributed by atoms with E-state index >= 15 is 0 Å². The summed E-state index contributed by atoms with van der Waals surface area (Å²) in [6, 6.07) is 7.60. The van der Waals surface area contributed by atoms with E-state index in [2.05, 4.69) is 20.6 Å². The maximum Gasteiger partial charge on any atom is 0.254 e. The van der Waals surface area contributed by atoms with Gasteiger partial charge in [0.25, 0.3) is 11.8 Å². The van der Waals surface area contributed by atoms with Crippen LogP contribution in [0.15, 0.2) is 36.7 Å². The maximum absolute atomic E-state index is 13.1. The summed E-state index contributed by atoms with van der Waals surface area (Å²) in [5.74, 6) is 0.821. The fourth-order valence-corrected chi connectivity index (χ4v) is 4.99. The number of amides is 2. The second-order valence-corrected chi connectivity index (χ2v) is 8.39. The predicted octanol–water partition coefficient (Wildman–Crippen LogP) is 1.82. The van der Waals surface area contributed by atoms with E-state index in [1.54, 1.807) is 19.3 Å². The molecule has 0 bridgehead atoms. The van der Waals surface area contributed by atoms with Crippen LogP contribution in [0.25, 0.3) is 11.0 Å². The molecule has 31 heavy (non-hydrogen) atoms. The number of H-pyrrole nitrogens is 1. The van der Waals surface area contributed by atoms with Gasteiger partial charge in [0.2, 0.25) is 0 Å². The van der Waals surface area contributed by atoms with Gasteiger partial charge >= 0.3 is 0 Å². The Bertz CT molecular complexity index is 1210. The monoisotopic (exact) mass is 418 g/mol. The third-order valence-electron chi connectivity index (χ3n) is 6.74. The second kappa shape index (κ2) is 6.81. The summed E-state index contributed by atoms with van der Waals surface area (Å²) in [4.78, 5) is 33.2. The lowest BCUT2D eigenvalue weighted by Gasteiger charge is -2.14. The Balaban J connectivity index is 1.40. The minimum absolute atomic E-state index is 0.0961. The van der Waals surface area contributed by atoms with Gasteiger partial charge < -0.3 is 25.1 Å². The Morgan fingerprint density at radius 2 is 1.94 bits per heavy atom.